The van der Waals surface area contributed by atoms with E-state index < -0.39 is 0 Å². The number of nitrogens with zero attached hydrogens (tertiary/aromatic N) is 3. The maximum Gasteiger partial charge on any atom is 0.230 e. The highest BCUT2D eigenvalue weighted by Crippen LogP contribution is 2.35. The molecule has 120 valence electrons. The smallest absolute Gasteiger partial charge is 0.230 e. The van der Waals surface area contributed by atoms with E-state index in [-0.39, 0.29) is 11.8 Å². The van der Waals surface area contributed by atoms with Crippen molar-refractivity contribution in [1.82, 2.24) is 14.5 Å². The largest absolute Gasteiger partial charge is 0.493 e. The van der Waals surface area contributed by atoms with Crippen LogP contribution in [0.25, 0.3) is 0 Å². The molecule has 0 aliphatic carbocycles. The van der Waals surface area contributed by atoms with Gasteiger partial charge in [-0.1, -0.05) is 18.2 Å². The Morgan fingerprint density at radius 3 is 2.96 bits per heavy atom. The fourth-order valence-electron chi connectivity index (χ4n) is 3.62. The number of carbonyl (C=O) groups excluding carboxylic acids is 1. The number of aryl methyl sites for hydroxylation is 1. The van der Waals surface area contributed by atoms with Gasteiger partial charge in [-0.3, -0.25) is 4.79 Å². The molecule has 1 aromatic heterocycles. The summed E-state index contributed by atoms with van der Waals surface area (Å²) < 4.78 is 7.91. The van der Waals surface area contributed by atoms with Gasteiger partial charge in [0.15, 0.2) is 0 Å². The van der Waals surface area contributed by atoms with Crippen LogP contribution in [0.4, 0.5) is 0 Å². The van der Waals surface area contributed by atoms with Gasteiger partial charge in [-0.05, 0) is 26.3 Å². The van der Waals surface area contributed by atoms with Crippen molar-refractivity contribution >= 4 is 5.91 Å². The molecule has 0 bridgehead atoms. The van der Waals surface area contributed by atoms with Gasteiger partial charge in [-0.25, -0.2) is 4.98 Å². The van der Waals surface area contributed by atoms with E-state index in [0.717, 1.165) is 42.3 Å². The summed E-state index contributed by atoms with van der Waals surface area (Å²) in [6.07, 6.45) is 0.749. The van der Waals surface area contributed by atoms with Crippen LogP contribution in [-0.2, 0) is 17.9 Å². The number of benzene rings is 1. The lowest BCUT2D eigenvalue weighted by molar-refractivity contribution is -0.135. The molecule has 0 N–H and O–H groups in total. The van der Waals surface area contributed by atoms with Crippen molar-refractivity contribution in [2.75, 3.05) is 13.2 Å². The van der Waals surface area contributed by atoms with Crippen LogP contribution in [0.15, 0.2) is 24.3 Å². The molecule has 2 aromatic rings. The Labute approximate surface area is 135 Å². The molecular weight excluding hydrogens is 290 g/mol. The molecule has 23 heavy (non-hydrogen) atoms. The van der Waals surface area contributed by atoms with Crippen LogP contribution in [0.1, 0.15) is 35.1 Å². The van der Waals surface area contributed by atoms with Crippen LogP contribution in [0.3, 0.4) is 0 Å². The van der Waals surface area contributed by atoms with Crippen molar-refractivity contribution in [2.45, 2.75) is 39.3 Å². The number of imidazole rings is 1. The van der Waals surface area contributed by atoms with E-state index in [4.69, 9.17) is 4.74 Å². The summed E-state index contributed by atoms with van der Waals surface area (Å²) in [5.74, 6) is 1.95. The normalized spacial score (nSPS) is 19.7. The number of rotatable bonds is 1. The van der Waals surface area contributed by atoms with Gasteiger partial charge >= 0.3 is 0 Å². The van der Waals surface area contributed by atoms with Crippen LogP contribution in [0, 0.1) is 13.8 Å². The first kappa shape index (κ1) is 14.3. The standard InChI is InChI=1S/C18H21N3O2/c1-12-13(2)21-9-8-20(11-17(21)19-12)18(22)15-7-10-23-16-6-4-3-5-14(15)16/h3-6,15H,7-11H2,1-2H3. The maximum atomic E-state index is 13.1. The Balaban J connectivity index is 1.59. The molecule has 0 saturated heterocycles. The fraction of sp³-hybridized carbons (Fsp3) is 0.444. The van der Waals surface area contributed by atoms with Gasteiger partial charge in [0.1, 0.15) is 11.6 Å². The SMILES string of the molecule is Cc1nc2n(c1C)CCN(C(=O)C1CCOc3ccccc31)C2. The molecule has 1 amide bonds. The molecule has 5 heteroatoms. The number of hydrogen-bond acceptors (Lipinski definition) is 3. The molecule has 4 rings (SSSR count). The Kier molecular flexibility index (Phi) is 3.36. The van der Waals surface area contributed by atoms with E-state index in [1.165, 1.54) is 5.69 Å². The summed E-state index contributed by atoms with van der Waals surface area (Å²) in [4.78, 5) is 19.6. The molecule has 1 atom stereocenters. The summed E-state index contributed by atoms with van der Waals surface area (Å²) >= 11 is 0. The summed E-state index contributed by atoms with van der Waals surface area (Å²) in [5, 5.41) is 0. The second-order valence-corrected chi connectivity index (χ2v) is 6.34. The summed E-state index contributed by atoms with van der Waals surface area (Å²) in [5.41, 5.74) is 3.29. The van der Waals surface area contributed by atoms with Gasteiger partial charge in [-0.15, -0.1) is 0 Å². The average Bonchev–Trinajstić information content (AvgIpc) is 2.87. The number of hydrogen-bond donors (Lipinski definition) is 0. The molecular formula is C18H21N3O2. The quantitative estimate of drug-likeness (QED) is 0.812. The van der Waals surface area contributed by atoms with E-state index in [0.29, 0.717) is 13.2 Å². The Morgan fingerprint density at radius 1 is 1.26 bits per heavy atom. The number of ether oxygens (including phenoxy) is 1. The lowest BCUT2D eigenvalue weighted by atomic mass is 9.91. The lowest BCUT2D eigenvalue weighted by Gasteiger charge is -2.33. The number of fused-ring (bicyclic) bond motifs is 2. The van der Waals surface area contributed by atoms with Crippen molar-refractivity contribution < 1.29 is 9.53 Å². The summed E-state index contributed by atoms with van der Waals surface area (Å²) in [6.45, 7) is 6.92. The minimum atomic E-state index is -0.0938. The monoisotopic (exact) mass is 311 g/mol. The Bertz CT molecular complexity index is 766. The first-order valence-electron chi connectivity index (χ1n) is 8.18. The zero-order chi connectivity index (χ0) is 16.0. The molecule has 0 saturated carbocycles. The highest BCUT2D eigenvalue weighted by Gasteiger charge is 2.33. The summed E-state index contributed by atoms with van der Waals surface area (Å²) in [6, 6.07) is 7.89. The van der Waals surface area contributed by atoms with Crippen LogP contribution < -0.4 is 4.74 Å². The van der Waals surface area contributed by atoms with E-state index in [9.17, 15) is 4.79 Å². The van der Waals surface area contributed by atoms with Crippen LogP contribution in [0.2, 0.25) is 0 Å². The van der Waals surface area contributed by atoms with Crippen LogP contribution >= 0.6 is 0 Å². The molecule has 0 spiro atoms. The molecule has 5 nitrogen and oxygen atoms in total. The zero-order valence-electron chi connectivity index (χ0n) is 13.6. The molecule has 1 unspecified atom stereocenters. The maximum absolute atomic E-state index is 13.1. The van der Waals surface area contributed by atoms with Crippen molar-refractivity contribution in [2.24, 2.45) is 0 Å². The number of para-hydroxylation sites is 1. The summed E-state index contributed by atoms with van der Waals surface area (Å²) in [7, 11) is 0. The van der Waals surface area contributed by atoms with Crippen LogP contribution in [-0.4, -0.2) is 33.5 Å². The minimum absolute atomic E-state index is 0.0938. The first-order chi connectivity index (χ1) is 11.1. The topological polar surface area (TPSA) is 47.4 Å². The average molecular weight is 311 g/mol. The van der Waals surface area contributed by atoms with Gasteiger partial charge in [-0.2, -0.15) is 0 Å². The van der Waals surface area contributed by atoms with Crippen molar-refractivity contribution in [1.29, 1.82) is 0 Å². The van der Waals surface area contributed by atoms with E-state index >= 15 is 0 Å². The number of amides is 1. The number of aromatic nitrogens is 2. The zero-order valence-corrected chi connectivity index (χ0v) is 13.6. The first-order valence-corrected chi connectivity index (χ1v) is 8.18. The predicted molar refractivity (Wildman–Crippen MR) is 86.4 cm³/mol. The van der Waals surface area contributed by atoms with Gasteiger partial charge in [0.05, 0.1) is 24.8 Å². The third kappa shape index (κ3) is 2.31. The van der Waals surface area contributed by atoms with Gasteiger partial charge < -0.3 is 14.2 Å². The molecule has 0 fully saturated rings. The molecule has 2 aliphatic heterocycles. The Hall–Kier alpha value is -2.30. The molecule has 1 aromatic carbocycles. The molecule has 3 heterocycles. The third-order valence-electron chi connectivity index (χ3n) is 5.03. The third-order valence-corrected chi connectivity index (χ3v) is 5.03. The second kappa shape index (κ2) is 5.41. The molecule has 2 aliphatic rings. The van der Waals surface area contributed by atoms with Crippen molar-refractivity contribution in [3.05, 3.63) is 47.0 Å². The fourth-order valence-corrected chi connectivity index (χ4v) is 3.62. The second-order valence-electron chi connectivity index (χ2n) is 6.34. The van der Waals surface area contributed by atoms with Gasteiger partial charge in [0.25, 0.3) is 0 Å². The highest BCUT2D eigenvalue weighted by molar-refractivity contribution is 5.85. The number of carbonyl (C=O) groups is 1. The van der Waals surface area contributed by atoms with E-state index in [1.54, 1.807) is 0 Å². The van der Waals surface area contributed by atoms with Gasteiger partial charge in [0, 0.05) is 24.3 Å². The van der Waals surface area contributed by atoms with Crippen molar-refractivity contribution in [3.63, 3.8) is 0 Å². The minimum Gasteiger partial charge on any atom is -0.493 e. The molecule has 0 radical (unpaired) electrons. The van der Waals surface area contributed by atoms with E-state index in [2.05, 4.69) is 16.5 Å². The predicted octanol–water partition coefficient (Wildman–Crippen LogP) is 2.41. The van der Waals surface area contributed by atoms with Crippen LogP contribution in [0.5, 0.6) is 5.75 Å². The highest BCUT2D eigenvalue weighted by atomic mass is 16.5. The van der Waals surface area contributed by atoms with Gasteiger partial charge in [0.2, 0.25) is 5.91 Å². The lowest BCUT2D eigenvalue weighted by Crippen LogP contribution is -2.42. The Morgan fingerprint density at radius 2 is 2.09 bits per heavy atom. The van der Waals surface area contributed by atoms with E-state index in [1.807, 2.05) is 36.1 Å². The van der Waals surface area contributed by atoms with Crippen molar-refractivity contribution in [3.8, 4) is 5.75 Å².